The average molecular weight is 448 g/mol. The molecule has 0 N–H and O–H groups in total. The Kier molecular flexibility index (Phi) is 9.26. The van der Waals surface area contributed by atoms with Crippen LogP contribution in [-0.2, 0) is 30.1 Å². The molecule has 0 aromatic rings. The molecule has 0 amide bonds. The van der Waals surface area contributed by atoms with Crippen molar-refractivity contribution in [2.45, 2.75) is 153 Å². The number of rotatable bonds is 8. The summed E-state index contributed by atoms with van der Waals surface area (Å²) in [5, 5.41) is 0. The van der Waals surface area contributed by atoms with Crippen LogP contribution in [0.5, 0.6) is 0 Å². The van der Waals surface area contributed by atoms with Crippen molar-refractivity contribution in [3.63, 3.8) is 0 Å². The van der Waals surface area contributed by atoms with Crippen molar-refractivity contribution in [1.82, 2.24) is 0 Å². The van der Waals surface area contributed by atoms with E-state index >= 15 is 0 Å². The number of hydrogen-bond donors (Lipinski definition) is 0. The Hall–Kier alpha value is 0.424. The predicted molar refractivity (Wildman–Crippen MR) is 112 cm³/mol. The van der Waals surface area contributed by atoms with Gasteiger partial charge in [-0.1, -0.05) is 0 Å². The van der Waals surface area contributed by atoms with Gasteiger partial charge in [-0.3, -0.25) is 0 Å². The van der Waals surface area contributed by atoms with E-state index in [4.69, 9.17) is 14.6 Å². The second kappa shape index (κ2) is 11.9. The third-order valence-corrected chi connectivity index (χ3v) is 10.8. The van der Waals surface area contributed by atoms with E-state index in [-0.39, 0.29) is 24.4 Å². The van der Waals surface area contributed by atoms with Crippen molar-refractivity contribution >= 4 is 0 Å². The summed E-state index contributed by atoms with van der Waals surface area (Å²) in [6, 6.07) is 0. The van der Waals surface area contributed by atoms with E-state index in [1.165, 1.54) is 77.0 Å². The van der Waals surface area contributed by atoms with E-state index in [0.29, 0.717) is 0 Å². The quantitative estimate of drug-likeness (QED) is 0.394. The van der Waals surface area contributed by atoms with Crippen LogP contribution in [0, 0.1) is 0 Å². The molecule has 0 aliphatic heterocycles. The van der Waals surface area contributed by atoms with Crippen molar-refractivity contribution in [1.29, 1.82) is 0 Å². The van der Waals surface area contributed by atoms with Gasteiger partial charge in [0.2, 0.25) is 0 Å². The van der Waals surface area contributed by atoms with E-state index in [1.807, 2.05) is 0 Å². The van der Waals surface area contributed by atoms with Crippen LogP contribution >= 0.6 is 0 Å². The SMILES string of the molecule is C1CCC([O][V]([O]C2CCCCC2)([O]C2CCCCC2)[O]C2CCCCC2)CC1. The van der Waals surface area contributed by atoms with Crippen molar-refractivity contribution in [2.24, 2.45) is 0 Å². The monoisotopic (exact) mass is 447 g/mol. The minimum atomic E-state index is -3.59. The van der Waals surface area contributed by atoms with Crippen molar-refractivity contribution in [3.05, 3.63) is 0 Å². The van der Waals surface area contributed by atoms with Gasteiger partial charge in [0.05, 0.1) is 0 Å². The molecule has 0 spiro atoms. The van der Waals surface area contributed by atoms with Crippen molar-refractivity contribution in [2.75, 3.05) is 0 Å². The van der Waals surface area contributed by atoms with Crippen LogP contribution in [-0.4, -0.2) is 24.4 Å². The molecule has 0 saturated heterocycles. The zero-order valence-electron chi connectivity index (χ0n) is 18.5. The summed E-state index contributed by atoms with van der Waals surface area (Å²) in [6.07, 6.45) is 25.9. The molecule has 169 valence electrons. The first-order valence-corrected chi connectivity index (χ1v) is 15.2. The summed E-state index contributed by atoms with van der Waals surface area (Å²) in [5.74, 6) is 0. The molecular formula is C24H44O4V. The zero-order chi connectivity index (χ0) is 19.8. The van der Waals surface area contributed by atoms with Crippen LogP contribution in [0.15, 0.2) is 0 Å². The Balaban J connectivity index is 1.51. The first kappa shape index (κ1) is 22.6. The second-order valence-corrected chi connectivity index (χ2v) is 12.6. The molecule has 5 heteroatoms. The Morgan fingerprint density at radius 2 is 0.517 bits per heavy atom. The van der Waals surface area contributed by atoms with Gasteiger partial charge in [-0.25, -0.2) is 0 Å². The summed E-state index contributed by atoms with van der Waals surface area (Å²) in [6.45, 7) is 0. The molecule has 4 fully saturated rings. The maximum atomic E-state index is 6.89. The molecule has 0 radical (unpaired) electrons. The first-order valence-electron chi connectivity index (χ1n) is 12.9. The van der Waals surface area contributed by atoms with Crippen molar-refractivity contribution < 1.29 is 30.1 Å². The van der Waals surface area contributed by atoms with Gasteiger partial charge in [-0.2, -0.15) is 0 Å². The molecule has 0 heterocycles. The first-order chi connectivity index (χ1) is 14.3. The van der Waals surface area contributed by atoms with E-state index < -0.39 is 15.4 Å². The van der Waals surface area contributed by atoms with E-state index in [2.05, 4.69) is 0 Å². The van der Waals surface area contributed by atoms with Gasteiger partial charge in [0.25, 0.3) is 0 Å². The van der Waals surface area contributed by atoms with Crippen LogP contribution < -0.4 is 0 Å². The predicted octanol–water partition coefficient (Wildman–Crippen LogP) is 7.20. The van der Waals surface area contributed by atoms with Crippen LogP contribution in [0.2, 0.25) is 0 Å². The van der Waals surface area contributed by atoms with Gasteiger partial charge < -0.3 is 0 Å². The summed E-state index contributed by atoms with van der Waals surface area (Å²) >= 11 is -3.59. The summed E-state index contributed by atoms with van der Waals surface area (Å²) in [4.78, 5) is 0. The van der Waals surface area contributed by atoms with E-state index in [1.54, 1.807) is 0 Å². The van der Waals surface area contributed by atoms with Crippen LogP contribution in [0.25, 0.3) is 0 Å². The fraction of sp³-hybridized carbons (Fsp3) is 1.00. The molecule has 4 aliphatic rings. The third-order valence-electron chi connectivity index (χ3n) is 7.32. The average Bonchev–Trinajstić information content (AvgIpc) is 2.76. The topological polar surface area (TPSA) is 36.9 Å². The fourth-order valence-electron chi connectivity index (χ4n) is 5.56. The van der Waals surface area contributed by atoms with Crippen LogP contribution in [0.1, 0.15) is 128 Å². The molecule has 0 bridgehead atoms. The van der Waals surface area contributed by atoms with Gasteiger partial charge >= 0.3 is 183 Å². The maximum absolute atomic E-state index is 6.89. The summed E-state index contributed by atoms with van der Waals surface area (Å²) in [5.41, 5.74) is 0. The Morgan fingerprint density at radius 3 is 0.724 bits per heavy atom. The van der Waals surface area contributed by atoms with Gasteiger partial charge in [0.1, 0.15) is 0 Å². The van der Waals surface area contributed by atoms with Crippen LogP contribution in [0.3, 0.4) is 0 Å². The summed E-state index contributed by atoms with van der Waals surface area (Å²) in [7, 11) is 0. The molecule has 29 heavy (non-hydrogen) atoms. The fourth-order valence-corrected chi connectivity index (χ4v) is 9.62. The molecule has 0 unspecified atom stereocenters. The van der Waals surface area contributed by atoms with E-state index in [9.17, 15) is 0 Å². The van der Waals surface area contributed by atoms with Crippen LogP contribution in [0.4, 0.5) is 0 Å². The molecule has 0 atom stereocenters. The van der Waals surface area contributed by atoms with Crippen molar-refractivity contribution in [3.8, 4) is 0 Å². The zero-order valence-corrected chi connectivity index (χ0v) is 19.9. The summed E-state index contributed by atoms with van der Waals surface area (Å²) < 4.78 is 27.6. The minimum absolute atomic E-state index is 0.284. The molecule has 4 aliphatic carbocycles. The number of hydrogen-bond acceptors (Lipinski definition) is 4. The Morgan fingerprint density at radius 1 is 0.310 bits per heavy atom. The van der Waals surface area contributed by atoms with Gasteiger partial charge in [-0.05, 0) is 0 Å². The normalized spacial score (nSPS) is 27.3. The molecule has 0 aromatic carbocycles. The molecule has 4 nitrogen and oxygen atoms in total. The second-order valence-electron chi connectivity index (χ2n) is 9.91. The van der Waals surface area contributed by atoms with E-state index in [0.717, 1.165) is 51.4 Å². The Labute approximate surface area is 182 Å². The molecule has 0 aromatic heterocycles. The third kappa shape index (κ3) is 7.22. The molecule has 4 rings (SSSR count). The standard InChI is InChI=1S/4C6H11O.V/c4*7-6-4-2-1-3-5-6;/h4*6H,1-5H2;/q4*-1;+4. The molecule has 4 saturated carbocycles. The van der Waals surface area contributed by atoms with Gasteiger partial charge in [0, 0.05) is 0 Å². The van der Waals surface area contributed by atoms with Gasteiger partial charge in [0.15, 0.2) is 0 Å². The Bertz CT molecular complexity index is 364. The van der Waals surface area contributed by atoms with Gasteiger partial charge in [-0.15, -0.1) is 0 Å². The molecular weight excluding hydrogens is 403 g/mol.